The number of rotatable bonds is 7. The summed E-state index contributed by atoms with van der Waals surface area (Å²) < 4.78 is 10.8. The maximum atomic E-state index is 12.6. The van der Waals surface area contributed by atoms with Crippen LogP contribution in [0, 0.1) is 13.8 Å². The Morgan fingerprint density at radius 1 is 1.03 bits per heavy atom. The lowest BCUT2D eigenvalue weighted by atomic mass is 9.97. The summed E-state index contributed by atoms with van der Waals surface area (Å²) >= 11 is 1.54. The Morgan fingerprint density at radius 3 is 2.26 bits per heavy atom. The van der Waals surface area contributed by atoms with E-state index in [2.05, 4.69) is 13.8 Å². The molecule has 2 unspecified atom stereocenters. The van der Waals surface area contributed by atoms with Crippen molar-refractivity contribution >= 4 is 29.0 Å². The molecule has 2 atom stereocenters. The minimum atomic E-state index is -0.573. The molecule has 6 nitrogen and oxygen atoms in total. The molecule has 1 aromatic heterocycles. The number of aryl methyl sites for hydroxylation is 2. The summed E-state index contributed by atoms with van der Waals surface area (Å²) in [5, 5.41) is 0. The second-order valence-corrected chi connectivity index (χ2v) is 9.53. The van der Waals surface area contributed by atoms with Gasteiger partial charge in [-0.1, -0.05) is 0 Å². The van der Waals surface area contributed by atoms with Gasteiger partial charge in [0.1, 0.15) is 5.75 Å². The van der Waals surface area contributed by atoms with Crippen molar-refractivity contribution in [3.05, 3.63) is 51.2 Å². The number of amides is 1. The van der Waals surface area contributed by atoms with Crippen LogP contribution in [0.4, 0.5) is 0 Å². The molecule has 2 heterocycles. The molecule has 7 heteroatoms. The van der Waals surface area contributed by atoms with E-state index < -0.39 is 5.97 Å². The van der Waals surface area contributed by atoms with Crippen molar-refractivity contribution in [2.75, 3.05) is 13.2 Å². The Bertz CT molecular complexity index is 939. The number of esters is 1. The highest BCUT2D eigenvalue weighted by Crippen LogP contribution is 2.23. The fourth-order valence-corrected chi connectivity index (χ4v) is 4.96. The molecule has 1 aliphatic heterocycles. The predicted molar refractivity (Wildman–Crippen MR) is 120 cm³/mol. The maximum absolute atomic E-state index is 12.6. The molecule has 0 aliphatic carbocycles. The van der Waals surface area contributed by atoms with E-state index in [1.165, 1.54) is 0 Å². The SMILES string of the molecule is Cc1cc(C(=O)COC(=O)c2ccc(OCC(=O)N3C(C)CCCC3C)cc2)c(C)s1. The van der Waals surface area contributed by atoms with Crippen molar-refractivity contribution < 1.29 is 23.9 Å². The molecule has 166 valence electrons. The van der Waals surface area contributed by atoms with Gasteiger partial charge in [-0.05, 0) is 77.3 Å². The smallest absolute Gasteiger partial charge is 0.338 e. The Labute approximate surface area is 187 Å². The molecule has 1 amide bonds. The summed E-state index contributed by atoms with van der Waals surface area (Å²) in [6, 6.07) is 8.65. The molecular formula is C24H29NO5S. The van der Waals surface area contributed by atoms with Crippen LogP contribution in [0.15, 0.2) is 30.3 Å². The lowest BCUT2D eigenvalue weighted by Crippen LogP contribution is -2.49. The quantitative estimate of drug-likeness (QED) is 0.463. The van der Waals surface area contributed by atoms with Crippen LogP contribution in [-0.4, -0.2) is 47.9 Å². The van der Waals surface area contributed by atoms with Gasteiger partial charge in [0, 0.05) is 27.4 Å². The summed E-state index contributed by atoms with van der Waals surface area (Å²) in [6.45, 7) is 7.62. The second-order valence-electron chi connectivity index (χ2n) is 8.07. The summed E-state index contributed by atoms with van der Waals surface area (Å²) in [6.07, 6.45) is 3.17. The van der Waals surface area contributed by atoms with E-state index in [1.54, 1.807) is 35.6 Å². The third kappa shape index (κ3) is 5.73. The van der Waals surface area contributed by atoms with Crippen LogP contribution < -0.4 is 4.74 Å². The number of piperidine rings is 1. The zero-order valence-electron chi connectivity index (χ0n) is 18.5. The third-order valence-corrected chi connectivity index (χ3v) is 6.58. The van der Waals surface area contributed by atoms with Gasteiger partial charge in [0.15, 0.2) is 13.2 Å². The third-order valence-electron chi connectivity index (χ3n) is 5.61. The molecule has 1 aromatic carbocycles. The number of carbonyl (C=O) groups excluding carboxylic acids is 3. The lowest BCUT2D eigenvalue weighted by molar-refractivity contribution is -0.139. The average molecular weight is 444 g/mol. The molecule has 31 heavy (non-hydrogen) atoms. The highest BCUT2D eigenvalue weighted by atomic mass is 32.1. The number of nitrogens with zero attached hydrogens (tertiary/aromatic N) is 1. The number of carbonyl (C=O) groups is 3. The number of likely N-dealkylation sites (tertiary alicyclic amines) is 1. The Balaban J connectivity index is 1.50. The van der Waals surface area contributed by atoms with Gasteiger partial charge in [-0.25, -0.2) is 4.79 Å². The first-order chi connectivity index (χ1) is 14.8. The topological polar surface area (TPSA) is 72.9 Å². The highest BCUT2D eigenvalue weighted by Gasteiger charge is 2.29. The van der Waals surface area contributed by atoms with E-state index in [4.69, 9.17) is 9.47 Å². The molecule has 3 rings (SSSR count). The van der Waals surface area contributed by atoms with Crippen LogP contribution in [0.1, 0.15) is 63.6 Å². The number of Topliss-reactive ketones (excluding diaryl/α,β-unsaturated/α-hetero) is 1. The molecule has 0 radical (unpaired) electrons. The maximum Gasteiger partial charge on any atom is 0.338 e. The van der Waals surface area contributed by atoms with E-state index in [-0.39, 0.29) is 37.0 Å². The van der Waals surface area contributed by atoms with Gasteiger partial charge in [0.2, 0.25) is 5.78 Å². The van der Waals surface area contributed by atoms with Crippen LogP contribution >= 0.6 is 11.3 Å². The van der Waals surface area contributed by atoms with E-state index in [0.29, 0.717) is 16.9 Å². The Hall–Kier alpha value is -2.67. The van der Waals surface area contributed by atoms with Gasteiger partial charge in [-0.2, -0.15) is 0 Å². The number of thiophene rings is 1. The van der Waals surface area contributed by atoms with Crippen LogP contribution in [0.2, 0.25) is 0 Å². The Morgan fingerprint density at radius 2 is 1.68 bits per heavy atom. The van der Waals surface area contributed by atoms with Gasteiger partial charge in [-0.15, -0.1) is 11.3 Å². The summed E-state index contributed by atoms with van der Waals surface area (Å²) in [7, 11) is 0. The minimum absolute atomic E-state index is 0.0272. The fraction of sp³-hybridized carbons (Fsp3) is 0.458. The molecule has 0 spiro atoms. The fourth-order valence-electron chi connectivity index (χ4n) is 4.02. The zero-order chi connectivity index (χ0) is 22.5. The normalized spacial score (nSPS) is 18.5. The van der Waals surface area contributed by atoms with Crippen LogP contribution in [-0.2, 0) is 9.53 Å². The lowest BCUT2D eigenvalue weighted by Gasteiger charge is -2.38. The molecule has 0 saturated carbocycles. The highest BCUT2D eigenvalue weighted by molar-refractivity contribution is 7.12. The number of ether oxygens (including phenoxy) is 2. The van der Waals surface area contributed by atoms with Crippen molar-refractivity contribution in [3.63, 3.8) is 0 Å². The number of hydrogen-bond donors (Lipinski definition) is 0. The first-order valence-corrected chi connectivity index (χ1v) is 11.4. The van der Waals surface area contributed by atoms with Gasteiger partial charge in [0.05, 0.1) is 5.56 Å². The number of ketones is 1. The average Bonchev–Trinajstić information content (AvgIpc) is 3.08. The van der Waals surface area contributed by atoms with Crippen molar-refractivity contribution in [2.24, 2.45) is 0 Å². The standard InChI is InChI=1S/C24H29NO5S/c1-15-6-5-7-16(2)25(15)23(27)14-29-20-10-8-19(9-11-20)24(28)30-13-22(26)21-12-17(3)31-18(21)4/h8-12,15-16H,5-7,13-14H2,1-4H3. The van der Waals surface area contributed by atoms with Crippen LogP contribution in [0.25, 0.3) is 0 Å². The van der Waals surface area contributed by atoms with Gasteiger partial charge in [-0.3, -0.25) is 9.59 Å². The Kier molecular flexibility index (Phi) is 7.49. The van der Waals surface area contributed by atoms with E-state index >= 15 is 0 Å². The first-order valence-electron chi connectivity index (χ1n) is 10.6. The summed E-state index contributed by atoms with van der Waals surface area (Å²) in [5.74, 6) is -0.310. The number of hydrogen-bond acceptors (Lipinski definition) is 6. The van der Waals surface area contributed by atoms with Gasteiger partial charge >= 0.3 is 5.97 Å². The van der Waals surface area contributed by atoms with E-state index in [0.717, 1.165) is 29.0 Å². The summed E-state index contributed by atoms with van der Waals surface area (Å²) in [5.41, 5.74) is 0.920. The minimum Gasteiger partial charge on any atom is -0.484 e. The largest absolute Gasteiger partial charge is 0.484 e. The molecule has 1 aliphatic rings. The molecule has 0 N–H and O–H groups in total. The second kappa shape index (κ2) is 10.1. The molecule has 1 saturated heterocycles. The zero-order valence-corrected chi connectivity index (χ0v) is 19.3. The molecular weight excluding hydrogens is 414 g/mol. The first kappa shape index (κ1) is 23.0. The van der Waals surface area contributed by atoms with E-state index in [9.17, 15) is 14.4 Å². The monoisotopic (exact) mass is 443 g/mol. The van der Waals surface area contributed by atoms with Gasteiger partial charge < -0.3 is 14.4 Å². The van der Waals surface area contributed by atoms with E-state index in [1.807, 2.05) is 24.8 Å². The van der Waals surface area contributed by atoms with Crippen molar-refractivity contribution in [3.8, 4) is 5.75 Å². The van der Waals surface area contributed by atoms with Crippen molar-refractivity contribution in [1.82, 2.24) is 4.90 Å². The van der Waals surface area contributed by atoms with Crippen LogP contribution in [0.5, 0.6) is 5.75 Å². The van der Waals surface area contributed by atoms with Crippen molar-refractivity contribution in [1.29, 1.82) is 0 Å². The van der Waals surface area contributed by atoms with Gasteiger partial charge in [0.25, 0.3) is 5.91 Å². The molecule has 1 fully saturated rings. The summed E-state index contributed by atoms with van der Waals surface area (Å²) in [4.78, 5) is 40.9. The van der Waals surface area contributed by atoms with Crippen molar-refractivity contribution in [2.45, 2.75) is 59.0 Å². The predicted octanol–water partition coefficient (Wildman–Crippen LogP) is 4.57. The molecule has 0 bridgehead atoms. The van der Waals surface area contributed by atoms with Crippen LogP contribution in [0.3, 0.4) is 0 Å². The number of benzene rings is 1. The molecule has 2 aromatic rings.